The molecule has 18 heavy (non-hydrogen) atoms. The highest BCUT2D eigenvalue weighted by atomic mass is 127. The monoisotopic (exact) mass is 390 g/mol. The average Bonchev–Trinajstić information content (AvgIpc) is 2.31. The van der Waals surface area contributed by atoms with Crippen LogP contribution in [0.3, 0.4) is 0 Å². The topological polar surface area (TPSA) is 0 Å². The van der Waals surface area contributed by atoms with E-state index < -0.39 is 0 Å². The van der Waals surface area contributed by atoms with E-state index >= 15 is 0 Å². The Bertz CT molecular complexity index is 579. The molecule has 2 aromatic rings. The summed E-state index contributed by atoms with van der Waals surface area (Å²) in [5, 5.41) is 0.567. The maximum atomic E-state index is 6.60. The Balaban J connectivity index is 2.47. The summed E-state index contributed by atoms with van der Waals surface area (Å²) in [5.74, 6) is 0. The Labute approximate surface area is 131 Å². The smallest absolute Gasteiger partial charge is 0.0848 e. The molecule has 94 valence electrons. The number of rotatable bonds is 2. The second-order valence-electron chi connectivity index (χ2n) is 4.39. The summed E-state index contributed by atoms with van der Waals surface area (Å²) in [5.41, 5.74) is 4.67. The van der Waals surface area contributed by atoms with Crippen LogP contribution in [-0.2, 0) is 0 Å². The molecular formula is C15H13Cl2I. The summed E-state index contributed by atoms with van der Waals surface area (Å²) in [6, 6.07) is 12.2. The first-order chi connectivity index (χ1) is 8.49. The molecule has 0 bridgehead atoms. The Morgan fingerprint density at radius 1 is 1.00 bits per heavy atom. The van der Waals surface area contributed by atoms with Crippen LogP contribution in [-0.4, -0.2) is 0 Å². The molecule has 0 aromatic heterocycles. The highest BCUT2D eigenvalue weighted by Gasteiger charge is 2.16. The van der Waals surface area contributed by atoms with E-state index in [2.05, 4.69) is 54.6 Å². The van der Waals surface area contributed by atoms with E-state index in [4.69, 9.17) is 23.2 Å². The van der Waals surface area contributed by atoms with Crippen molar-refractivity contribution in [2.45, 2.75) is 19.2 Å². The number of alkyl halides is 1. The van der Waals surface area contributed by atoms with Crippen LogP contribution in [0, 0.1) is 17.4 Å². The van der Waals surface area contributed by atoms with Gasteiger partial charge in [-0.05, 0) is 71.3 Å². The minimum Gasteiger partial charge on any atom is -0.113 e. The van der Waals surface area contributed by atoms with Gasteiger partial charge in [-0.25, -0.2) is 0 Å². The highest BCUT2D eigenvalue weighted by Crippen LogP contribution is 2.35. The van der Waals surface area contributed by atoms with E-state index in [1.54, 1.807) is 0 Å². The van der Waals surface area contributed by atoms with Gasteiger partial charge in [0.05, 0.1) is 5.38 Å². The quantitative estimate of drug-likeness (QED) is 0.443. The maximum absolute atomic E-state index is 6.60. The first-order valence-electron chi connectivity index (χ1n) is 5.65. The van der Waals surface area contributed by atoms with Crippen molar-refractivity contribution in [2.24, 2.45) is 0 Å². The van der Waals surface area contributed by atoms with Gasteiger partial charge in [0, 0.05) is 8.59 Å². The van der Waals surface area contributed by atoms with Crippen molar-refractivity contribution in [3.8, 4) is 0 Å². The Morgan fingerprint density at radius 2 is 1.72 bits per heavy atom. The lowest BCUT2D eigenvalue weighted by molar-refractivity contribution is 1.09. The van der Waals surface area contributed by atoms with E-state index in [0.717, 1.165) is 19.7 Å². The molecule has 3 heteroatoms. The molecule has 1 unspecified atom stereocenters. The van der Waals surface area contributed by atoms with Gasteiger partial charge in [0.2, 0.25) is 0 Å². The fourth-order valence-electron chi connectivity index (χ4n) is 1.99. The van der Waals surface area contributed by atoms with Crippen molar-refractivity contribution in [1.82, 2.24) is 0 Å². The highest BCUT2D eigenvalue weighted by molar-refractivity contribution is 14.1. The first-order valence-corrected chi connectivity index (χ1v) is 7.54. The lowest BCUT2D eigenvalue weighted by Crippen LogP contribution is -1.99. The minimum absolute atomic E-state index is 0.156. The average molecular weight is 391 g/mol. The molecule has 0 saturated heterocycles. The molecule has 0 heterocycles. The van der Waals surface area contributed by atoms with E-state index in [1.165, 1.54) is 11.1 Å². The summed E-state index contributed by atoms with van der Waals surface area (Å²) in [7, 11) is 0. The van der Waals surface area contributed by atoms with Gasteiger partial charge in [0.25, 0.3) is 0 Å². The second kappa shape index (κ2) is 5.81. The van der Waals surface area contributed by atoms with Crippen molar-refractivity contribution in [3.63, 3.8) is 0 Å². The fourth-order valence-corrected chi connectivity index (χ4v) is 3.42. The minimum atomic E-state index is -0.156. The van der Waals surface area contributed by atoms with Crippen LogP contribution in [0.4, 0.5) is 0 Å². The van der Waals surface area contributed by atoms with Crippen molar-refractivity contribution in [1.29, 1.82) is 0 Å². The van der Waals surface area contributed by atoms with Crippen LogP contribution in [0.5, 0.6) is 0 Å². The molecule has 0 spiro atoms. The van der Waals surface area contributed by atoms with Gasteiger partial charge in [-0.1, -0.05) is 35.4 Å². The molecule has 0 fully saturated rings. The van der Waals surface area contributed by atoms with Gasteiger partial charge in [0.15, 0.2) is 0 Å². The second-order valence-corrected chi connectivity index (χ2v) is 6.42. The molecule has 2 aromatic carbocycles. The summed E-state index contributed by atoms with van der Waals surface area (Å²) >= 11 is 14.9. The lowest BCUT2D eigenvalue weighted by Gasteiger charge is -2.15. The zero-order valence-corrected chi connectivity index (χ0v) is 13.8. The van der Waals surface area contributed by atoms with Crippen LogP contribution in [0.1, 0.15) is 27.6 Å². The number of benzene rings is 2. The standard InChI is InChI=1S/C15H13Cl2I/c1-9-3-5-12(10(2)7-9)15(17)13-8-11(16)4-6-14(13)18/h3-8,15H,1-2H3. The molecule has 0 radical (unpaired) electrons. The van der Waals surface area contributed by atoms with E-state index in [1.807, 2.05) is 18.2 Å². The van der Waals surface area contributed by atoms with Crippen LogP contribution >= 0.6 is 45.8 Å². The Hall–Kier alpha value is -0.250. The largest absolute Gasteiger partial charge is 0.113 e. The lowest BCUT2D eigenvalue weighted by atomic mass is 9.98. The number of hydrogen-bond acceptors (Lipinski definition) is 0. The van der Waals surface area contributed by atoms with Gasteiger partial charge < -0.3 is 0 Å². The third-order valence-corrected chi connectivity index (χ3v) is 4.62. The van der Waals surface area contributed by atoms with Crippen LogP contribution in [0.2, 0.25) is 5.02 Å². The third kappa shape index (κ3) is 3.01. The summed E-state index contributed by atoms with van der Waals surface area (Å²) in [6.45, 7) is 4.18. The molecule has 0 amide bonds. The van der Waals surface area contributed by atoms with Crippen molar-refractivity contribution >= 4 is 45.8 Å². The molecule has 1 atom stereocenters. The predicted octanol–water partition coefficient (Wildman–Crippen LogP) is 5.89. The van der Waals surface area contributed by atoms with E-state index in [-0.39, 0.29) is 5.38 Å². The van der Waals surface area contributed by atoms with Gasteiger partial charge in [-0.2, -0.15) is 0 Å². The van der Waals surface area contributed by atoms with Gasteiger partial charge in [0.1, 0.15) is 0 Å². The molecular weight excluding hydrogens is 378 g/mol. The number of halogens is 3. The Morgan fingerprint density at radius 3 is 2.39 bits per heavy atom. The first kappa shape index (κ1) is 14.2. The maximum Gasteiger partial charge on any atom is 0.0848 e. The van der Waals surface area contributed by atoms with Gasteiger partial charge >= 0.3 is 0 Å². The number of hydrogen-bond donors (Lipinski definition) is 0. The van der Waals surface area contributed by atoms with Gasteiger partial charge in [-0.3, -0.25) is 0 Å². The summed E-state index contributed by atoms with van der Waals surface area (Å²) in [4.78, 5) is 0. The normalized spacial score (nSPS) is 12.5. The molecule has 0 N–H and O–H groups in total. The summed E-state index contributed by atoms with van der Waals surface area (Å²) in [6.07, 6.45) is 0. The Kier molecular flexibility index (Phi) is 4.57. The predicted molar refractivity (Wildman–Crippen MR) is 87.8 cm³/mol. The zero-order valence-electron chi connectivity index (χ0n) is 10.2. The van der Waals surface area contributed by atoms with Crippen LogP contribution in [0.15, 0.2) is 36.4 Å². The molecule has 0 saturated carbocycles. The molecule has 2 rings (SSSR count). The van der Waals surface area contributed by atoms with Crippen molar-refractivity contribution in [3.05, 3.63) is 67.2 Å². The van der Waals surface area contributed by atoms with Crippen LogP contribution < -0.4 is 0 Å². The molecule has 0 nitrogen and oxygen atoms in total. The third-order valence-electron chi connectivity index (χ3n) is 2.93. The van der Waals surface area contributed by atoms with Crippen molar-refractivity contribution in [2.75, 3.05) is 0 Å². The fraction of sp³-hybridized carbons (Fsp3) is 0.200. The SMILES string of the molecule is Cc1ccc(C(Cl)c2cc(Cl)ccc2I)c(C)c1. The molecule has 0 aliphatic heterocycles. The number of aryl methyl sites for hydroxylation is 2. The van der Waals surface area contributed by atoms with E-state index in [0.29, 0.717) is 0 Å². The zero-order chi connectivity index (χ0) is 13.3. The molecule has 0 aliphatic rings. The summed E-state index contributed by atoms with van der Waals surface area (Å²) < 4.78 is 1.14. The van der Waals surface area contributed by atoms with Crippen LogP contribution in [0.25, 0.3) is 0 Å². The van der Waals surface area contributed by atoms with E-state index in [9.17, 15) is 0 Å². The van der Waals surface area contributed by atoms with Crippen molar-refractivity contribution < 1.29 is 0 Å². The van der Waals surface area contributed by atoms with Gasteiger partial charge in [-0.15, -0.1) is 11.6 Å². The molecule has 0 aliphatic carbocycles.